The summed E-state index contributed by atoms with van der Waals surface area (Å²) in [5, 5.41) is 7.78. The fourth-order valence-electron chi connectivity index (χ4n) is 2.34. The van der Waals surface area contributed by atoms with Crippen molar-refractivity contribution in [3.63, 3.8) is 0 Å². The largest absolute Gasteiger partial charge is 0.455 e. The summed E-state index contributed by atoms with van der Waals surface area (Å²) >= 11 is 1.43. The van der Waals surface area contributed by atoms with Crippen molar-refractivity contribution in [2.75, 3.05) is 12.9 Å². The summed E-state index contributed by atoms with van der Waals surface area (Å²) in [5.41, 5.74) is 2.22. The fourth-order valence-corrected chi connectivity index (χ4v) is 2.67. The van der Waals surface area contributed by atoms with Gasteiger partial charge in [0.1, 0.15) is 0 Å². The Hall–Kier alpha value is -2.16. The average Bonchev–Trinajstić information content (AvgIpc) is 2.99. The van der Waals surface area contributed by atoms with Crippen molar-refractivity contribution >= 4 is 29.4 Å². The highest BCUT2D eigenvalue weighted by molar-refractivity contribution is 7.98. The van der Waals surface area contributed by atoms with Crippen LogP contribution in [0.4, 0.5) is 0 Å². The number of thioether (sulfide) groups is 1. The first kappa shape index (κ1) is 20.2. The molecule has 0 fully saturated rings. The van der Waals surface area contributed by atoms with Crippen LogP contribution in [0.5, 0.6) is 0 Å². The summed E-state index contributed by atoms with van der Waals surface area (Å²) in [6, 6.07) is 0.0234. The van der Waals surface area contributed by atoms with E-state index in [1.807, 2.05) is 40.9 Å². The van der Waals surface area contributed by atoms with E-state index in [0.717, 1.165) is 11.3 Å². The normalized spacial score (nSPS) is 12.4. The van der Waals surface area contributed by atoms with E-state index in [-0.39, 0.29) is 25.0 Å². The fraction of sp³-hybridized carbons (Fsp3) is 0.588. The molecule has 0 aromatic carbocycles. The van der Waals surface area contributed by atoms with Crippen molar-refractivity contribution in [1.82, 2.24) is 24.9 Å². The van der Waals surface area contributed by atoms with Crippen molar-refractivity contribution in [3.05, 3.63) is 17.0 Å². The lowest BCUT2D eigenvalue weighted by Crippen LogP contribution is -2.38. The molecule has 0 aliphatic carbocycles. The molecule has 2 heterocycles. The molecule has 0 saturated heterocycles. The van der Waals surface area contributed by atoms with Crippen molar-refractivity contribution in [2.45, 2.75) is 52.2 Å². The number of hydrogen-bond acceptors (Lipinski definition) is 7. The standard InChI is InChI=1S/C17H25N5O3S/c1-9(2)10(3)18-14(23)8-25-15(24)7-13-11(4)19-16-20-17(26-6)21-22(16)12(13)5/h9-10H,7-8H2,1-6H3,(H,18,23)/t10-/m0/s1. The number of amides is 1. The van der Waals surface area contributed by atoms with Gasteiger partial charge in [-0.1, -0.05) is 25.6 Å². The van der Waals surface area contributed by atoms with Crippen LogP contribution in [-0.2, 0) is 20.7 Å². The number of nitrogens with one attached hydrogen (secondary N) is 1. The van der Waals surface area contributed by atoms with Crippen LogP contribution < -0.4 is 5.32 Å². The zero-order valence-electron chi connectivity index (χ0n) is 16.0. The highest BCUT2D eigenvalue weighted by Crippen LogP contribution is 2.17. The van der Waals surface area contributed by atoms with Gasteiger partial charge in [0.05, 0.1) is 6.42 Å². The molecule has 1 N–H and O–H groups in total. The van der Waals surface area contributed by atoms with Gasteiger partial charge in [0, 0.05) is 23.0 Å². The molecule has 0 radical (unpaired) electrons. The van der Waals surface area contributed by atoms with Gasteiger partial charge < -0.3 is 10.1 Å². The Kier molecular flexibility index (Phi) is 6.57. The van der Waals surface area contributed by atoms with Crippen LogP contribution in [-0.4, -0.2) is 50.4 Å². The minimum absolute atomic E-state index is 0.0234. The summed E-state index contributed by atoms with van der Waals surface area (Å²) in [6.07, 6.45) is 1.92. The van der Waals surface area contributed by atoms with Gasteiger partial charge in [0.15, 0.2) is 6.61 Å². The summed E-state index contributed by atoms with van der Waals surface area (Å²) in [5.74, 6) is 0.0347. The maximum absolute atomic E-state index is 12.2. The molecule has 0 aliphatic heterocycles. The Balaban J connectivity index is 2.03. The van der Waals surface area contributed by atoms with Gasteiger partial charge in [-0.15, -0.1) is 5.10 Å². The predicted octanol–water partition coefficient (Wildman–Crippen LogP) is 1.71. The highest BCUT2D eigenvalue weighted by Gasteiger charge is 2.18. The molecular formula is C17H25N5O3S. The molecule has 2 aromatic heterocycles. The van der Waals surface area contributed by atoms with Crippen molar-refractivity contribution < 1.29 is 14.3 Å². The molecule has 2 rings (SSSR count). The number of hydrogen-bond donors (Lipinski definition) is 1. The second-order valence-corrected chi connectivity index (χ2v) is 7.28. The van der Waals surface area contributed by atoms with E-state index in [0.29, 0.717) is 22.5 Å². The quantitative estimate of drug-likeness (QED) is 0.577. The van der Waals surface area contributed by atoms with Crippen LogP contribution in [0.1, 0.15) is 37.7 Å². The molecule has 26 heavy (non-hydrogen) atoms. The van der Waals surface area contributed by atoms with Crippen LogP contribution in [0.15, 0.2) is 5.16 Å². The number of carbonyl (C=O) groups is 2. The van der Waals surface area contributed by atoms with Gasteiger partial charge >= 0.3 is 5.97 Å². The first-order valence-corrected chi connectivity index (χ1v) is 9.67. The van der Waals surface area contributed by atoms with Crippen LogP contribution in [0.3, 0.4) is 0 Å². The topological polar surface area (TPSA) is 98.5 Å². The highest BCUT2D eigenvalue weighted by atomic mass is 32.2. The molecule has 0 spiro atoms. The third kappa shape index (κ3) is 4.72. The Bertz CT molecular complexity index is 818. The molecule has 1 amide bonds. The van der Waals surface area contributed by atoms with E-state index in [4.69, 9.17) is 4.74 Å². The number of ether oxygens (including phenoxy) is 1. The average molecular weight is 379 g/mol. The van der Waals surface area contributed by atoms with E-state index in [2.05, 4.69) is 20.4 Å². The van der Waals surface area contributed by atoms with Crippen molar-refractivity contribution in [2.24, 2.45) is 5.92 Å². The van der Waals surface area contributed by atoms with Crippen LogP contribution in [0.25, 0.3) is 5.78 Å². The number of carbonyl (C=O) groups excluding carboxylic acids is 2. The lowest BCUT2D eigenvalue weighted by atomic mass is 10.1. The molecular weight excluding hydrogens is 354 g/mol. The number of rotatable bonds is 7. The Morgan fingerprint density at radius 2 is 1.92 bits per heavy atom. The van der Waals surface area contributed by atoms with E-state index < -0.39 is 5.97 Å². The predicted molar refractivity (Wildman–Crippen MR) is 99.1 cm³/mol. The lowest BCUT2D eigenvalue weighted by Gasteiger charge is -2.17. The zero-order valence-corrected chi connectivity index (χ0v) is 16.8. The molecule has 0 bridgehead atoms. The SMILES string of the molecule is CSc1nc2nc(C)c(CC(=O)OCC(=O)N[C@@H](C)C(C)C)c(C)n2n1. The molecule has 2 aromatic rings. The minimum Gasteiger partial charge on any atom is -0.455 e. The molecule has 0 saturated carbocycles. The number of aryl methyl sites for hydroxylation is 2. The smallest absolute Gasteiger partial charge is 0.310 e. The third-order valence-electron chi connectivity index (χ3n) is 4.29. The number of nitrogens with zero attached hydrogens (tertiary/aromatic N) is 4. The molecule has 8 nitrogen and oxygen atoms in total. The van der Waals surface area contributed by atoms with Gasteiger partial charge in [-0.3, -0.25) is 9.59 Å². The maximum Gasteiger partial charge on any atom is 0.310 e. The first-order chi connectivity index (χ1) is 12.2. The van der Waals surface area contributed by atoms with E-state index >= 15 is 0 Å². The lowest BCUT2D eigenvalue weighted by molar-refractivity contribution is -0.148. The molecule has 0 aliphatic rings. The summed E-state index contributed by atoms with van der Waals surface area (Å²) in [7, 11) is 0. The number of esters is 1. The number of fused-ring (bicyclic) bond motifs is 1. The van der Waals surface area contributed by atoms with Crippen LogP contribution >= 0.6 is 11.8 Å². The van der Waals surface area contributed by atoms with Crippen LogP contribution in [0, 0.1) is 19.8 Å². The Labute approximate surface area is 157 Å². The van der Waals surface area contributed by atoms with E-state index in [1.54, 1.807) is 4.52 Å². The summed E-state index contributed by atoms with van der Waals surface area (Å²) in [4.78, 5) is 32.7. The summed E-state index contributed by atoms with van der Waals surface area (Å²) < 4.78 is 6.73. The van der Waals surface area contributed by atoms with E-state index in [9.17, 15) is 9.59 Å². The Morgan fingerprint density at radius 1 is 1.23 bits per heavy atom. The Morgan fingerprint density at radius 3 is 2.54 bits per heavy atom. The van der Waals surface area contributed by atoms with Gasteiger partial charge in [0.2, 0.25) is 5.16 Å². The first-order valence-electron chi connectivity index (χ1n) is 8.44. The molecule has 0 unspecified atom stereocenters. The second kappa shape index (κ2) is 8.48. The third-order valence-corrected chi connectivity index (χ3v) is 4.82. The molecule has 1 atom stereocenters. The van der Waals surface area contributed by atoms with Crippen molar-refractivity contribution in [3.8, 4) is 0 Å². The van der Waals surface area contributed by atoms with Gasteiger partial charge in [-0.2, -0.15) is 4.98 Å². The monoisotopic (exact) mass is 379 g/mol. The van der Waals surface area contributed by atoms with Crippen molar-refractivity contribution in [1.29, 1.82) is 0 Å². The molecule has 142 valence electrons. The van der Waals surface area contributed by atoms with E-state index in [1.165, 1.54) is 11.8 Å². The minimum atomic E-state index is -0.477. The van der Waals surface area contributed by atoms with Gasteiger partial charge in [-0.25, -0.2) is 9.50 Å². The number of aromatic nitrogens is 4. The van der Waals surface area contributed by atoms with Crippen LogP contribution in [0.2, 0.25) is 0 Å². The maximum atomic E-state index is 12.2. The molecule has 9 heteroatoms. The van der Waals surface area contributed by atoms with Gasteiger partial charge in [0.25, 0.3) is 11.7 Å². The van der Waals surface area contributed by atoms with Gasteiger partial charge in [-0.05, 0) is 32.9 Å². The summed E-state index contributed by atoms with van der Waals surface area (Å²) in [6.45, 7) is 9.33. The second-order valence-electron chi connectivity index (χ2n) is 6.51. The zero-order chi connectivity index (χ0) is 19.4.